The van der Waals surface area contributed by atoms with Crippen LogP contribution in [0.2, 0.25) is 0 Å². The van der Waals surface area contributed by atoms with Crippen molar-refractivity contribution in [3.8, 4) is 10.4 Å². The summed E-state index contributed by atoms with van der Waals surface area (Å²) in [5, 5.41) is 3.47. The summed E-state index contributed by atoms with van der Waals surface area (Å²) in [7, 11) is 0. The van der Waals surface area contributed by atoms with Crippen LogP contribution in [0.15, 0.2) is 24.3 Å². The van der Waals surface area contributed by atoms with Crippen molar-refractivity contribution in [3.05, 3.63) is 35.5 Å². The number of hydrogen-bond acceptors (Lipinski definition) is 3. The number of fused-ring (bicyclic) bond motifs is 3. The molecule has 86 valence electrons. The van der Waals surface area contributed by atoms with Crippen LogP contribution in [-0.4, -0.2) is 10.9 Å². The minimum atomic E-state index is -0.0654. The fourth-order valence-electron chi connectivity index (χ4n) is 2.15. The van der Waals surface area contributed by atoms with Crippen molar-refractivity contribution < 1.29 is 4.79 Å². The van der Waals surface area contributed by atoms with Crippen LogP contribution in [0.25, 0.3) is 10.4 Å². The summed E-state index contributed by atoms with van der Waals surface area (Å²) in [5.41, 5.74) is 3.75. The van der Waals surface area contributed by atoms with Gasteiger partial charge in [-0.05, 0) is 24.0 Å². The number of aromatic nitrogens is 1. The lowest BCUT2D eigenvalue weighted by Crippen LogP contribution is -2.05. The van der Waals surface area contributed by atoms with E-state index >= 15 is 0 Å². The van der Waals surface area contributed by atoms with Crippen molar-refractivity contribution in [3.63, 3.8) is 0 Å². The molecule has 0 atom stereocenters. The van der Waals surface area contributed by atoms with E-state index in [1.807, 2.05) is 6.07 Å². The van der Waals surface area contributed by atoms with Gasteiger partial charge in [-0.2, -0.15) is 0 Å². The van der Waals surface area contributed by atoms with Gasteiger partial charge in [0.2, 0.25) is 5.91 Å². The van der Waals surface area contributed by atoms with Gasteiger partial charge >= 0.3 is 0 Å². The monoisotopic (exact) mass is 244 g/mol. The first-order valence-corrected chi connectivity index (χ1v) is 6.41. The van der Waals surface area contributed by atoms with Crippen LogP contribution >= 0.6 is 11.3 Å². The lowest BCUT2D eigenvalue weighted by atomic mass is 9.94. The predicted octanol–water partition coefficient (Wildman–Crippen LogP) is 2.87. The predicted molar refractivity (Wildman–Crippen MR) is 69.3 cm³/mol. The van der Waals surface area contributed by atoms with Gasteiger partial charge in [0.25, 0.3) is 0 Å². The van der Waals surface area contributed by atoms with Crippen LogP contribution in [-0.2, 0) is 17.6 Å². The largest absolute Gasteiger partial charge is 0.302 e. The Morgan fingerprint density at radius 1 is 1.35 bits per heavy atom. The Balaban J connectivity index is 2.07. The number of anilines is 1. The Labute approximate surface area is 104 Å². The molecular formula is C13H12N2OS. The number of thiazole rings is 1. The summed E-state index contributed by atoms with van der Waals surface area (Å²) >= 11 is 1.56. The molecule has 0 spiro atoms. The Kier molecular flexibility index (Phi) is 2.44. The van der Waals surface area contributed by atoms with E-state index in [0.29, 0.717) is 5.13 Å². The Hall–Kier alpha value is -1.68. The number of amides is 1. The number of nitrogens with zero attached hydrogens (tertiary/aromatic N) is 1. The average Bonchev–Trinajstić information content (AvgIpc) is 2.70. The molecule has 3 rings (SSSR count). The number of nitrogens with one attached hydrogen (secondary N) is 1. The average molecular weight is 244 g/mol. The van der Waals surface area contributed by atoms with Gasteiger partial charge in [-0.1, -0.05) is 35.6 Å². The number of rotatable bonds is 1. The standard InChI is InChI=1S/C13H12N2OS/c1-8(16)14-13-15-11-7-6-9-4-2-3-5-10(9)12(11)17-13/h2-5H,6-7H2,1H3,(H,14,15,16). The molecule has 17 heavy (non-hydrogen) atoms. The van der Waals surface area contributed by atoms with Crippen LogP contribution in [0.3, 0.4) is 0 Å². The summed E-state index contributed by atoms with van der Waals surface area (Å²) in [6, 6.07) is 8.41. The summed E-state index contributed by atoms with van der Waals surface area (Å²) in [5.74, 6) is -0.0654. The van der Waals surface area contributed by atoms with E-state index in [4.69, 9.17) is 0 Å². The zero-order valence-corrected chi connectivity index (χ0v) is 10.3. The zero-order valence-electron chi connectivity index (χ0n) is 9.49. The van der Waals surface area contributed by atoms with Crippen LogP contribution in [0.1, 0.15) is 18.2 Å². The molecule has 0 saturated carbocycles. The van der Waals surface area contributed by atoms with Crippen molar-refractivity contribution in [1.29, 1.82) is 0 Å². The number of carbonyl (C=O) groups is 1. The third kappa shape index (κ3) is 1.85. The highest BCUT2D eigenvalue weighted by Gasteiger charge is 2.20. The maximum absolute atomic E-state index is 11.0. The Morgan fingerprint density at radius 2 is 2.18 bits per heavy atom. The zero-order chi connectivity index (χ0) is 11.8. The molecule has 2 aromatic rings. The van der Waals surface area contributed by atoms with E-state index in [2.05, 4.69) is 28.5 Å². The quantitative estimate of drug-likeness (QED) is 0.838. The number of carbonyl (C=O) groups excluding carboxylic acids is 1. The fourth-order valence-corrected chi connectivity index (χ4v) is 3.27. The van der Waals surface area contributed by atoms with Gasteiger partial charge in [-0.3, -0.25) is 4.79 Å². The molecule has 1 amide bonds. The SMILES string of the molecule is CC(=O)Nc1nc2c(s1)-c1ccccc1CC2. The molecule has 1 aromatic carbocycles. The fraction of sp³-hybridized carbons (Fsp3) is 0.231. The molecule has 0 aliphatic heterocycles. The van der Waals surface area contributed by atoms with Crippen LogP contribution in [0, 0.1) is 0 Å². The second-order valence-electron chi connectivity index (χ2n) is 4.13. The molecule has 1 N–H and O–H groups in total. The first-order chi connectivity index (χ1) is 8.24. The number of aryl methyl sites for hydroxylation is 2. The maximum atomic E-state index is 11.0. The Morgan fingerprint density at radius 3 is 3.00 bits per heavy atom. The maximum Gasteiger partial charge on any atom is 0.223 e. The smallest absolute Gasteiger partial charge is 0.223 e. The molecule has 0 saturated heterocycles. The second-order valence-corrected chi connectivity index (χ2v) is 5.13. The molecule has 0 unspecified atom stereocenters. The van der Waals surface area contributed by atoms with Crippen molar-refractivity contribution in [1.82, 2.24) is 4.98 Å². The first kappa shape index (κ1) is 10.5. The van der Waals surface area contributed by atoms with Gasteiger partial charge in [0.15, 0.2) is 5.13 Å². The molecule has 0 fully saturated rings. The van der Waals surface area contributed by atoms with Gasteiger partial charge < -0.3 is 5.32 Å². The van der Waals surface area contributed by atoms with Gasteiger partial charge in [-0.15, -0.1) is 0 Å². The third-order valence-corrected chi connectivity index (χ3v) is 3.92. The summed E-state index contributed by atoms with van der Waals surface area (Å²) in [6.07, 6.45) is 1.99. The molecule has 4 heteroatoms. The molecule has 0 bridgehead atoms. The van der Waals surface area contributed by atoms with E-state index in [1.165, 1.54) is 22.9 Å². The molecule has 0 radical (unpaired) electrons. The summed E-state index contributed by atoms with van der Waals surface area (Å²) < 4.78 is 0. The molecule has 3 nitrogen and oxygen atoms in total. The molecule has 1 aliphatic rings. The normalized spacial score (nSPS) is 12.8. The third-order valence-electron chi connectivity index (χ3n) is 2.87. The highest BCUT2D eigenvalue weighted by molar-refractivity contribution is 7.19. The van der Waals surface area contributed by atoms with Crippen molar-refractivity contribution in [2.24, 2.45) is 0 Å². The van der Waals surface area contributed by atoms with Gasteiger partial charge in [0.1, 0.15) is 0 Å². The van der Waals surface area contributed by atoms with Crippen LogP contribution in [0.5, 0.6) is 0 Å². The minimum absolute atomic E-state index is 0.0654. The lowest BCUT2D eigenvalue weighted by Gasteiger charge is -2.13. The van der Waals surface area contributed by atoms with Crippen LogP contribution in [0.4, 0.5) is 5.13 Å². The minimum Gasteiger partial charge on any atom is -0.302 e. The van der Waals surface area contributed by atoms with Gasteiger partial charge in [0.05, 0.1) is 10.6 Å². The summed E-state index contributed by atoms with van der Waals surface area (Å²) in [4.78, 5) is 16.7. The van der Waals surface area contributed by atoms with Crippen molar-refractivity contribution >= 4 is 22.4 Å². The van der Waals surface area contributed by atoms with Crippen molar-refractivity contribution in [2.45, 2.75) is 19.8 Å². The molecule has 1 aliphatic carbocycles. The van der Waals surface area contributed by atoms with E-state index in [1.54, 1.807) is 11.3 Å². The van der Waals surface area contributed by atoms with Crippen molar-refractivity contribution in [2.75, 3.05) is 5.32 Å². The molecule has 1 aromatic heterocycles. The molecule has 1 heterocycles. The number of benzene rings is 1. The highest BCUT2D eigenvalue weighted by atomic mass is 32.1. The van der Waals surface area contributed by atoms with E-state index in [0.717, 1.165) is 18.5 Å². The van der Waals surface area contributed by atoms with Crippen LogP contribution < -0.4 is 5.32 Å². The Bertz CT molecular complexity index is 589. The topological polar surface area (TPSA) is 42.0 Å². The molecular weight excluding hydrogens is 232 g/mol. The number of hydrogen-bond donors (Lipinski definition) is 1. The lowest BCUT2D eigenvalue weighted by molar-refractivity contribution is -0.114. The van der Waals surface area contributed by atoms with E-state index in [9.17, 15) is 4.79 Å². The highest BCUT2D eigenvalue weighted by Crippen LogP contribution is 2.39. The van der Waals surface area contributed by atoms with E-state index in [-0.39, 0.29) is 5.91 Å². The second kappa shape index (κ2) is 3.96. The first-order valence-electron chi connectivity index (χ1n) is 5.59. The summed E-state index contributed by atoms with van der Waals surface area (Å²) in [6.45, 7) is 1.51. The van der Waals surface area contributed by atoms with Gasteiger partial charge in [-0.25, -0.2) is 4.98 Å². The van der Waals surface area contributed by atoms with E-state index < -0.39 is 0 Å². The van der Waals surface area contributed by atoms with Gasteiger partial charge in [0, 0.05) is 6.92 Å².